The van der Waals surface area contributed by atoms with E-state index >= 15 is 0 Å². The third kappa shape index (κ3) is 3.61. The number of carbonyl (C=O) groups is 1. The lowest BCUT2D eigenvalue weighted by Crippen LogP contribution is -2.26. The molecule has 0 aliphatic heterocycles. The summed E-state index contributed by atoms with van der Waals surface area (Å²) in [5.74, 6) is 0.553. The summed E-state index contributed by atoms with van der Waals surface area (Å²) in [5.41, 5.74) is 1.24. The number of hydrogen-bond donors (Lipinski definition) is 1. The molecule has 19 heavy (non-hydrogen) atoms. The molecule has 2 aromatic rings. The second-order valence-corrected chi connectivity index (χ2v) is 4.33. The smallest absolute Gasteiger partial charge is 0.254 e. The van der Waals surface area contributed by atoms with Crippen LogP contribution in [0.25, 0.3) is 0 Å². The number of hydrogen-bond acceptors (Lipinski definition) is 4. The number of nitrogens with one attached hydrogen (secondary N) is 1. The molecule has 0 unspecified atom stereocenters. The Labute approximate surface area is 111 Å². The summed E-state index contributed by atoms with van der Waals surface area (Å²) in [4.78, 5) is 24.1. The SMILES string of the molecule is Cc1ncc(C(=O)NCCCn2ccnc2)c(C)n1. The maximum atomic E-state index is 11.9. The number of carbonyl (C=O) groups excluding carboxylic acids is 1. The van der Waals surface area contributed by atoms with E-state index in [-0.39, 0.29) is 5.91 Å². The maximum absolute atomic E-state index is 11.9. The lowest BCUT2D eigenvalue weighted by atomic mass is 10.2. The molecule has 2 heterocycles. The average molecular weight is 259 g/mol. The second kappa shape index (κ2) is 6.08. The summed E-state index contributed by atoms with van der Waals surface area (Å²) in [5, 5.41) is 2.87. The number of imidazole rings is 1. The number of aromatic nitrogens is 4. The Morgan fingerprint density at radius 1 is 1.42 bits per heavy atom. The lowest BCUT2D eigenvalue weighted by Gasteiger charge is -2.07. The highest BCUT2D eigenvalue weighted by Crippen LogP contribution is 2.03. The van der Waals surface area contributed by atoms with Crippen molar-refractivity contribution in [3.63, 3.8) is 0 Å². The molecular weight excluding hydrogens is 242 g/mol. The minimum atomic E-state index is -0.122. The quantitative estimate of drug-likeness (QED) is 0.816. The van der Waals surface area contributed by atoms with E-state index in [0.29, 0.717) is 23.6 Å². The Kier molecular flexibility index (Phi) is 4.22. The standard InChI is InChI=1S/C13H17N5O/c1-10-12(8-16-11(2)17-10)13(19)15-4-3-6-18-7-5-14-9-18/h5,7-9H,3-4,6H2,1-2H3,(H,15,19). The van der Waals surface area contributed by atoms with Gasteiger partial charge in [0.2, 0.25) is 0 Å². The van der Waals surface area contributed by atoms with Gasteiger partial charge in [0, 0.05) is 31.7 Å². The number of aryl methyl sites for hydroxylation is 3. The van der Waals surface area contributed by atoms with Gasteiger partial charge < -0.3 is 9.88 Å². The first-order valence-corrected chi connectivity index (χ1v) is 6.21. The van der Waals surface area contributed by atoms with Crippen LogP contribution < -0.4 is 5.32 Å². The molecule has 0 aliphatic rings. The highest BCUT2D eigenvalue weighted by Gasteiger charge is 2.09. The molecule has 0 spiro atoms. The number of amides is 1. The predicted octanol–water partition coefficient (Wildman–Crippen LogP) is 1.11. The van der Waals surface area contributed by atoms with Gasteiger partial charge in [-0.1, -0.05) is 0 Å². The zero-order valence-corrected chi connectivity index (χ0v) is 11.1. The molecule has 0 aliphatic carbocycles. The molecule has 2 aromatic heterocycles. The predicted molar refractivity (Wildman–Crippen MR) is 70.7 cm³/mol. The Morgan fingerprint density at radius 3 is 2.95 bits per heavy atom. The summed E-state index contributed by atoms with van der Waals surface area (Å²) < 4.78 is 1.98. The van der Waals surface area contributed by atoms with Gasteiger partial charge in [0.1, 0.15) is 5.82 Å². The van der Waals surface area contributed by atoms with E-state index in [9.17, 15) is 4.79 Å². The number of rotatable bonds is 5. The van der Waals surface area contributed by atoms with Crippen molar-refractivity contribution in [1.82, 2.24) is 24.8 Å². The van der Waals surface area contributed by atoms with Crippen molar-refractivity contribution in [2.45, 2.75) is 26.8 Å². The van der Waals surface area contributed by atoms with Gasteiger partial charge >= 0.3 is 0 Å². The van der Waals surface area contributed by atoms with E-state index in [0.717, 1.165) is 13.0 Å². The van der Waals surface area contributed by atoms with Crippen LogP contribution in [-0.2, 0) is 6.54 Å². The minimum Gasteiger partial charge on any atom is -0.352 e. The molecule has 0 radical (unpaired) electrons. The summed E-state index contributed by atoms with van der Waals surface area (Å²) in [6.07, 6.45) is 7.84. The molecule has 0 atom stereocenters. The Balaban J connectivity index is 1.81. The van der Waals surface area contributed by atoms with Gasteiger partial charge in [0.05, 0.1) is 17.6 Å². The van der Waals surface area contributed by atoms with Gasteiger partial charge in [-0.3, -0.25) is 4.79 Å². The Bertz CT molecular complexity index is 550. The average Bonchev–Trinajstić information content (AvgIpc) is 2.87. The topological polar surface area (TPSA) is 72.7 Å². The van der Waals surface area contributed by atoms with Crippen molar-refractivity contribution >= 4 is 5.91 Å². The van der Waals surface area contributed by atoms with Crippen LogP contribution in [0.15, 0.2) is 24.9 Å². The van der Waals surface area contributed by atoms with Gasteiger partial charge in [-0.2, -0.15) is 0 Å². The summed E-state index contributed by atoms with van der Waals surface area (Å²) in [6, 6.07) is 0. The first kappa shape index (κ1) is 13.2. The molecule has 0 aromatic carbocycles. The van der Waals surface area contributed by atoms with E-state index in [1.807, 2.05) is 17.7 Å². The zero-order valence-electron chi connectivity index (χ0n) is 11.1. The normalized spacial score (nSPS) is 10.4. The summed E-state index contributed by atoms with van der Waals surface area (Å²) >= 11 is 0. The van der Waals surface area contributed by atoms with Crippen molar-refractivity contribution in [1.29, 1.82) is 0 Å². The van der Waals surface area contributed by atoms with E-state index < -0.39 is 0 Å². The second-order valence-electron chi connectivity index (χ2n) is 4.33. The highest BCUT2D eigenvalue weighted by atomic mass is 16.1. The molecule has 100 valence electrons. The van der Waals surface area contributed by atoms with Crippen molar-refractivity contribution < 1.29 is 4.79 Å². The molecule has 0 bridgehead atoms. The highest BCUT2D eigenvalue weighted by molar-refractivity contribution is 5.94. The molecule has 1 N–H and O–H groups in total. The molecule has 6 nitrogen and oxygen atoms in total. The van der Waals surface area contributed by atoms with Gasteiger partial charge in [0.15, 0.2) is 0 Å². The Hall–Kier alpha value is -2.24. The van der Waals surface area contributed by atoms with Gasteiger partial charge in [-0.15, -0.1) is 0 Å². The molecule has 0 fully saturated rings. The van der Waals surface area contributed by atoms with Crippen LogP contribution in [0.2, 0.25) is 0 Å². The largest absolute Gasteiger partial charge is 0.352 e. The first-order chi connectivity index (χ1) is 9.16. The van der Waals surface area contributed by atoms with E-state index in [1.54, 1.807) is 25.6 Å². The van der Waals surface area contributed by atoms with Crippen molar-refractivity contribution in [3.05, 3.63) is 42.0 Å². The fourth-order valence-electron chi connectivity index (χ4n) is 1.78. The van der Waals surface area contributed by atoms with Crippen LogP contribution in [0, 0.1) is 13.8 Å². The minimum absolute atomic E-state index is 0.122. The van der Waals surface area contributed by atoms with Crippen molar-refractivity contribution in [2.75, 3.05) is 6.54 Å². The molecule has 0 saturated heterocycles. The van der Waals surface area contributed by atoms with Crippen LogP contribution >= 0.6 is 0 Å². The van der Waals surface area contributed by atoms with Crippen LogP contribution in [0.3, 0.4) is 0 Å². The van der Waals surface area contributed by atoms with E-state index in [1.165, 1.54) is 0 Å². The molecular formula is C13H17N5O. The van der Waals surface area contributed by atoms with Crippen molar-refractivity contribution in [3.8, 4) is 0 Å². The van der Waals surface area contributed by atoms with Crippen LogP contribution in [0.5, 0.6) is 0 Å². The fraction of sp³-hybridized carbons (Fsp3) is 0.385. The fourth-order valence-corrected chi connectivity index (χ4v) is 1.78. The van der Waals surface area contributed by atoms with E-state index in [4.69, 9.17) is 0 Å². The number of nitrogens with zero attached hydrogens (tertiary/aromatic N) is 4. The summed E-state index contributed by atoms with van der Waals surface area (Å²) in [6.45, 7) is 5.07. The van der Waals surface area contributed by atoms with Crippen LogP contribution in [0.1, 0.15) is 28.3 Å². The zero-order chi connectivity index (χ0) is 13.7. The van der Waals surface area contributed by atoms with Gasteiger partial charge in [-0.25, -0.2) is 15.0 Å². The molecule has 6 heteroatoms. The summed E-state index contributed by atoms with van der Waals surface area (Å²) in [7, 11) is 0. The molecule has 0 saturated carbocycles. The molecule has 1 amide bonds. The third-order valence-corrected chi connectivity index (χ3v) is 2.78. The van der Waals surface area contributed by atoms with Crippen LogP contribution in [-0.4, -0.2) is 32.0 Å². The first-order valence-electron chi connectivity index (χ1n) is 6.21. The molecule has 2 rings (SSSR count). The third-order valence-electron chi connectivity index (χ3n) is 2.78. The van der Waals surface area contributed by atoms with Gasteiger partial charge in [-0.05, 0) is 20.3 Å². The Morgan fingerprint density at radius 2 is 2.26 bits per heavy atom. The monoisotopic (exact) mass is 259 g/mol. The van der Waals surface area contributed by atoms with E-state index in [2.05, 4.69) is 20.3 Å². The van der Waals surface area contributed by atoms with Crippen molar-refractivity contribution in [2.24, 2.45) is 0 Å². The van der Waals surface area contributed by atoms with Crippen LogP contribution in [0.4, 0.5) is 0 Å². The van der Waals surface area contributed by atoms with Gasteiger partial charge in [0.25, 0.3) is 5.91 Å². The maximum Gasteiger partial charge on any atom is 0.254 e. The lowest BCUT2D eigenvalue weighted by molar-refractivity contribution is 0.0951.